The van der Waals surface area contributed by atoms with Crippen LogP contribution in [0.4, 0.5) is 0 Å². The van der Waals surface area contributed by atoms with Crippen molar-refractivity contribution in [2.75, 3.05) is 13.1 Å². The van der Waals surface area contributed by atoms with Crippen LogP contribution in [0.2, 0.25) is 0 Å². The number of amides is 1. The minimum atomic E-state index is 0.202. The molecule has 14 heavy (non-hydrogen) atoms. The number of hydrogen-bond donors (Lipinski definition) is 0. The number of nitrogens with zero attached hydrogens (tertiary/aromatic N) is 2. The molecule has 1 heterocycles. The minimum Gasteiger partial charge on any atom is -0.335 e. The lowest BCUT2D eigenvalue weighted by Crippen LogP contribution is -2.59. The molecule has 0 saturated carbocycles. The number of hydrogen-bond acceptors (Lipinski definition) is 2. The normalized spacial score (nSPS) is 29.7. The topological polar surface area (TPSA) is 23.6 Å². The quantitative estimate of drug-likeness (QED) is 0.634. The first-order chi connectivity index (χ1) is 6.43. The molecule has 1 saturated heterocycles. The third-order valence-corrected chi connectivity index (χ3v) is 3.04. The highest BCUT2D eigenvalue weighted by Gasteiger charge is 2.31. The Morgan fingerprint density at radius 1 is 1.21 bits per heavy atom. The molecule has 1 unspecified atom stereocenters. The summed E-state index contributed by atoms with van der Waals surface area (Å²) in [5.41, 5.74) is 0. The monoisotopic (exact) mass is 198 g/mol. The fourth-order valence-electron chi connectivity index (χ4n) is 2.41. The third-order valence-electron chi connectivity index (χ3n) is 3.04. The van der Waals surface area contributed by atoms with Crippen molar-refractivity contribution in [3.8, 4) is 0 Å². The van der Waals surface area contributed by atoms with Crippen LogP contribution in [-0.4, -0.2) is 46.9 Å². The van der Waals surface area contributed by atoms with E-state index in [0.717, 1.165) is 13.1 Å². The number of piperazine rings is 1. The molecule has 1 rings (SSSR count). The van der Waals surface area contributed by atoms with E-state index in [1.54, 1.807) is 6.92 Å². The largest absolute Gasteiger partial charge is 0.335 e. The van der Waals surface area contributed by atoms with Crippen LogP contribution in [0.5, 0.6) is 0 Å². The van der Waals surface area contributed by atoms with E-state index >= 15 is 0 Å². The van der Waals surface area contributed by atoms with Crippen molar-refractivity contribution in [1.29, 1.82) is 0 Å². The number of carbonyl (C=O) groups excluding carboxylic acids is 1. The first kappa shape index (κ1) is 11.5. The Labute approximate surface area is 87.1 Å². The van der Waals surface area contributed by atoms with Crippen molar-refractivity contribution in [2.24, 2.45) is 0 Å². The molecule has 0 aliphatic carbocycles. The zero-order chi connectivity index (χ0) is 10.9. The first-order valence-corrected chi connectivity index (χ1v) is 5.46. The van der Waals surface area contributed by atoms with E-state index in [-0.39, 0.29) is 5.91 Å². The molecule has 0 spiro atoms. The smallest absolute Gasteiger partial charge is 0.220 e. The Bertz CT molecular complexity index is 203. The second kappa shape index (κ2) is 4.30. The Kier molecular flexibility index (Phi) is 3.53. The second-order valence-corrected chi connectivity index (χ2v) is 4.67. The van der Waals surface area contributed by atoms with Crippen LogP contribution in [0, 0.1) is 0 Å². The van der Waals surface area contributed by atoms with Gasteiger partial charge in [-0.2, -0.15) is 0 Å². The summed E-state index contributed by atoms with van der Waals surface area (Å²) in [6.45, 7) is 12.4. The van der Waals surface area contributed by atoms with Crippen LogP contribution in [0.3, 0.4) is 0 Å². The molecule has 2 atom stereocenters. The van der Waals surface area contributed by atoms with Crippen LogP contribution >= 0.6 is 0 Å². The molecule has 0 aromatic rings. The highest BCUT2D eigenvalue weighted by atomic mass is 16.2. The Morgan fingerprint density at radius 3 is 1.93 bits per heavy atom. The van der Waals surface area contributed by atoms with Gasteiger partial charge in [0, 0.05) is 38.1 Å². The number of carbonyl (C=O) groups is 1. The predicted molar refractivity (Wildman–Crippen MR) is 58.2 cm³/mol. The van der Waals surface area contributed by atoms with Crippen LogP contribution in [0.15, 0.2) is 0 Å². The Hall–Kier alpha value is -0.570. The average molecular weight is 198 g/mol. The van der Waals surface area contributed by atoms with E-state index < -0.39 is 0 Å². The predicted octanol–water partition coefficient (Wildman–Crippen LogP) is 1.34. The summed E-state index contributed by atoms with van der Waals surface area (Å²) in [6, 6.07) is 1.27. The van der Waals surface area contributed by atoms with Gasteiger partial charge >= 0.3 is 0 Å². The maximum atomic E-state index is 11.4. The van der Waals surface area contributed by atoms with Crippen molar-refractivity contribution >= 4 is 5.91 Å². The Morgan fingerprint density at radius 2 is 1.64 bits per heavy atom. The summed E-state index contributed by atoms with van der Waals surface area (Å²) in [4.78, 5) is 15.8. The molecule has 3 nitrogen and oxygen atoms in total. The molecule has 82 valence electrons. The maximum Gasteiger partial charge on any atom is 0.220 e. The second-order valence-electron chi connectivity index (χ2n) is 4.67. The molecule has 3 heteroatoms. The highest BCUT2D eigenvalue weighted by molar-refractivity contribution is 5.74. The van der Waals surface area contributed by atoms with Gasteiger partial charge in [-0.25, -0.2) is 0 Å². The van der Waals surface area contributed by atoms with Gasteiger partial charge in [0.1, 0.15) is 0 Å². The Balaban J connectivity index is 2.68. The van der Waals surface area contributed by atoms with Crippen molar-refractivity contribution in [2.45, 2.75) is 52.7 Å². The van der Waals surface area contributed by atoms with Gasteiger partial charge < -0.3 is 4.90 Å². The molecule has 0 aromatic heterocycles. The van der Waals surface area contributed by atoms with Crippen molar-refractivity contribution in [1.82, 2.24) is 9.80 Å². The van der Waals surface area contributed by atoms with Crippen molar-refractivity contribution in [3.63, 3.8) is 0 Å². The summed E-state index contributed by atoms with van der Waals surface area (Å²) in [5, 5.41) is 0. The fraction of sp³-hybridized carbons (Fsp3) is 0.909. The molecule has 0 radical (unpaired) electrons. The zero-order valence-corrected chi connectivity index (χ0v) is 9.95. The van der Waals surface area contributed by atoms with E-state index in [1.807, 2.05) is 4.90 Å². The lowest BCUT2D eigenvalue weighted by atomic mass is 10.1. The van der Waals surface area contributed by atoms with E-state index in [0.29, 0.717) is 18.1 Å². The summed E-state index contributed by atoms with van der Waals surface area (Å²) in [6.07, 6.45) is 0. The molecule has 0 aromatic carbocycles. The molecule has 0 N–H and O–H groups in total. The van der Waals surface area contributed by atoms with E-state index in [2.05, 4.69) is 32.6 Å². The zero-order valence-electron chi connectivity index (χ0n) is 9.95. The van der Waals surface area contributed by atoms with Gasteiger partial charge in [-0.05, 0) is 27.7 Å². The third kappa shape index (κ3) is 2.27. The van der Waals surface area contributed by atoms with Gasteiger partial charge in [0.05, 0.1) is 0 Å². The average Bonchev–Trinajstić information content (AvgIpc) is 2.01. The van der Waals surface area contributed by atoms with Crippen LogP contribution in [-0.2, 0) is 4.79 Å². The maximum absolute atomic E-state index is 11.4. The van der Waals surface area contributed by atoms with E-state index in [9.17, 15) is 4.79 Å². The van der Waals surface area contributed by atoms with Gasteiger partial charge in [-0.15, -0.1) is 0 Å². The highest BCUT2D eigenvalue weighted by Crippen LogP contribution is 2.17. The summed E-state index contributed by atoms with van der Waals surface area (Å²) in [7, 11) is 0. The molecule has 0 bridgehead atoms. The van der Waals surface area contributed by atoms with Crippen LogP contribution in [0.25, 0.3) is 0 Å². The lowest BCUT2D eigenvalue weighted by Gasteiger charge is -2.45. The fourth-order valence-corrected chi connectivity index (χ4v) is 2.41. The molecule has 1 aliphatic rings. The standard InChI is InChI=1S/C11H22N2O/c1-8(2)12-6-9(3)13(11(5)14)10(4)7-12/h8-10H,6-7H2,1-5H3/t9-,10?/m0/s1. The van der Waals surface area contributed by atoms with E-state index in [1.165, 1.54) is 0 Å². The summed E-state index contributed by atoms with van der Waals surface area (Å²) in [5.74, 6) is 0.202. The SMILES string of the molecule is CC(=O)N1C(C)CN(C(C)C)C[C@@H]1C. The van der Waals surface area contributed by atoms with Gasteiger partial charge in [0.2, 0.25) is 5.91 Å². The first-order valence-electron chi connectivity index (χ1n) is 5.46. The summed E-state index contributed by atoms with van der Waals surface area (Å²) < 4.78 is 0. The van der Waals surface area contributed by atoms with Crippen molar-refractivity contribution in [3.05, 3.63) is 0 Å². The van der Waals surface area contributed by atoms with Crippen LogP contribution in [0.1, 0.15) is 34.6 Å². The van der Waals surface area contributed by atoms with Crippen LogP contribution < -0.4 is 0 Å². The minimum absolute atomic E-state index is 0.202. The van der Waals surface area contributed by atoms with Gasteiger partial charge in [0.15, 0.2) is 0 Å². The molecule has 1 amide bonds. The molecule has 1 aliphatic heterocycles. The van der Waals surface area contributed by atoms with Gasteiger partial charge in [0.25, 0.3) is 0 Å². The molecular formula is C11H22N2O. The lowest BCUT2D eigenvalue weighted by molar-refractivity contribution is -0.137. The van der Waals surface area contributed by atoms with Gasteiger partial charge in [-0.3, -0.25) is 9.69 Å². The molecular weight excluding hydrogens is 176 g/mol. The van der Waals surface area contributed by atoms with E-state index in [4.69, 9.17) is 0 Å². The van der Waals surface area contributed by atoms with Crippen molar-refractivity contribution < 1.29 is 4.79 Å². The summed E-state index contributed by atoms with van der Waals surface area (Å²) >= 11 is 0. The van der Waals surface area contributed by atoms with Gasteiger partial charge in [-0.1, -0.05) is 0 Å². The molecule has 1 fully saturated rings. The number of rotatable bonds is 1.